The fraction of sp³-hybridized carbons (Fsp3) is 0. The van der Waals surface area contributed by atoms with E-state index in [9.17, 15) is 9.59 Å². The second-order valence-electron chi connectivity index (χ2n) is 6.22. The molecule has 4 rings (SSSR count). The fourth-order valence-electron chi connectivity index (χ4n) is 2.89. The lowest BCUT2D eigenvalue weighted by molar-refractivity contribution is 0.0847. The van der Waals surface area contributed by atoms with Crippen molar-refractivity contribution in [2.24, 2.45) is 0 Å². The Morgan fingerprint density at radius 1 is 0.828 bits per heavy atom. The number of aromatic nitrogens is 2. The van der Waals surface area contributed by atoms with Crippen LogP contribution >= 0.6 is 11.6 Å². The van der Waals surface area contributed by atoms with Gasteiger partial charge in [-0.15, -0.1) is 0 Å². The largest absolute Gasteiger partial charge is 0.270 e. The summed E-state index contributed by atoms with van der Waals surface area (Å²) < 4.78 is 0. The molecule has 0 saturated heterocycles. The van der Waals surface area contributed by atoms with Crippen LogP contribution in [0, 0.1) is 0 Å². The SMILES string of the molecule is O=C(NNC(=O)c1cc(-c2ccc(Cl)cc2)nc2ccccc12)c1ccncc1. The standard InChI is InChI=1S/C22H15ClN4O2/c23-16-7-5-14(6-8-16)20-13-18(17-3-1-2-4-19(17)25-20)22(29)27-26-21(28)15-9-11-24-12-10-15/h1-13H,(H,26,28)(H,27,29). The molecule has 0 spiro atoms. The Morgan fingerprint density at radius 2 is 1.52 bits per heavy atom. The second-order valence-corrected chi connectivity index (χ2v) is 6.66. The van der Waals surface area contributed by atoms with Crippen LogP contribution in [0.25, 0.3) is 22.2 Å². The van der Waals surface area contributed by atoms with Crippen LogP contribution in [0.3, 0.4) is 0 Å². The van der Waals surface area contributed by atoms with Crippen molar-refractivity contribution in [3.63, 3.8) is 0 Å². The minimum atomic E-state index is -0.443. The monoisotopic (exact) mass is 402 g/mol. The van der Waals surface area contributed by atoms with Crippen LogP contribution < -0.4 is 10.9 Å². The van der Waals surface area contributed by atoms with Crippen molar-refractivity contribution in [1.82, 2.24) is 20.8 Å². The highest BCUT2D eigenvalue weighted by Crippen LogP contribution is 2.25. The third-order valence-electron chi connectivity index (χ3n) is 4.33. The zero-order chi connectivity index (χ0) is 20.2. The van der Waals surface area contributed by atoms with E-state index in [-0.39, 0.29) is 0 Å². The predicted molar refractivity (Wildman–Crippen MR) is 111 cm³/mol. The lowest BCUT2D eigenvalue weighted by atomic mass is 10.0. The van der Waals surface area contributed by atoms with Crippen LogP contribution in [-0.4, -0.2) is 21.8 Å². The van der Waals surface area contributed by atoms with Crippen molar-refractivity contribution < 1.29 is 9.59 Å². The molecule has 2 amide bonds. The average Bonchev–Trinajstić information content (AvgIpc) is 2.77. The molecule has 6 nitrogen and oxygen atoms in total. The fourth-order valence-corrected chi connectivity index (χ4v) is 3.01. The minimum Gasteiger partial charge on any atom is -0.267 e. The zero-order valence-electron chi connectivity index (χ0n) is 15.1. The molecule has 2 aromatic heterocycles. The van der Waals surface area contributed by atoms with Gasteiger partial charge in [0.05, 0.1) is 16.8 Å². The van der Waals surface area contributed by atoms with Crippen molar-refractivity contribution in [2.45, 2.75) is 0 Å². The number of benzene rings is 2. The van der Waals surface area contributed by atoms with E-state index in [0.29, 0.717) is 32.7 Å². The van der Waals surface area contributed by atoms with Gasteiger partial charge in [-0.3, -0.25) is 25.4 Å². The van der Waals surface area contributed by atoms with E-state index in [4.69, 9.17) is 11.6 Å². The predicted octanol–water partition coefficient (Wildman–Crippen LogP) is 4.03. The number of carbonyl (C=O) groups excluding carboxylic acids is 2. The third-order valence-corrected chi connectivity index (χ3v) is 4.58. The molecule has 0 aliphatic carbocycles. The number of hydrogen-bond acceptors (Lipinski definition) is 4. The molecule has 0 fully saturated rings. The molecule has 0 saturated carbocycles. The van der Waals surface area contributed by atoms with Crippen molar-refractivity contribution >= 4 is 34.3 Å². The number of fused-ring (bicyclic) bond motifs is 1. The second kappa shape index (κ2) is 8.08. The van der Waals surface area contributed by atoms with Gasteiger partial charge < -0.3 is 0 Å². The number of pyridine rings is 2. The highest BCUT2D eigenvalue weighted by molar-refractivity contribution is 6.30. The Balaban J connectivity index is 1.65. The van der Waals surface area contributed by atoms with Crippen molar-refractivity contribution in [3.05, 3.63) is 95.3 Å². The molecule has 0 atom stereocenters. The number of hydrazine groups is 1. The maximum atomic E-state index is 12.8. The minimum absolute atomic E-state index is 0.390. The smallest absolute Gasteiger partial charge is 0.267 e. The topological polar surface area (TPSA) is 84.0 Å². The summed E-state index contributed by atoms with van der Waals surface area (Å²) in [6, 6.07) is 19.4. The Bertz CT molecular complexity index is 1190. The van der Waals surface area contributed by atoms with E-state index in [2.05, 4.69) is 20.8 Å². The molecular weight excluding hydrogens is 388 g/mol. The highest BCUT2D eigenvalue weighted by atomic mass is 35.5. The van der Waals surface area contributed by atoms with Gasteiger partial charge in [0.25, 0.3) is 11.8 Å². The molecule has 2 aromatic carbocycles. The summed E-state index contributed by atoms with van der Waals surface area (Å²) in [4.78, 5) is 33.5. The van der Waals surface area contributed by atoms with Crippen molar-refractivity contribution in [3.8, 4) is 11.3 Å². The van der Waals surface area contributed by atoms with E-state index in [1.807, 2.05) is 36.4 Å². The Hall–Kier alpha value is -3.77. The van der Waals surface area contributed by atoms with Gasteiger partial charge in [-0.1, -0.05) is 41.9 Å². The van der Waals surface area contributed by atoms with E-state index >= 15 is 0 Å². The molecule has 0 aliphatic rings. The maximum Gasteiger partial charge on any atom is 0.270 e. The number of halogens is 1. The first-order valence-corrected chi connectivity index (χ1v) is 9.16. The van der Waals surface area contributed by atoms with Gasteiger partial charge in [-0.2, -0.15) is 0 Å². The number of hydrogen-bond donors (Lipinski definition) is 2. The molecule has 0 unspecified atom stereocenters. The van der Waals surface area contributed by atoms with Gasteiger partial charge >= 0.3 is 0 Å². The van der Waals surface area contributed by atoms with Gasteiger partial charge in [-0.05, 0) is 36.4 Å². The van der Waals surface area contributed by atoms with Gasteiger partial charge in [0.15, 0.2) is 0 Å². The van der Waals surface area contributed by atoms with Crippen LogP contribution in [0.4, 0.5) is 0 Å². The first-order valence-electron chi connectivity index (χ1n) is 8.78. The average molecular weight is 403 g/mol. The summed E-state index contributed by atoms with van der Waals surface area (Å²) in [5.41, 5.74) is 7.81. The molecule has 2 heterocycles. The summed E-state index contributed by atoms with van der Waals surface area (Å²) in [7, 11) is 0. The lowest BCUT2D eigenvalue weighted by Gasteiger charge is -2.11. The van der Waals surface area contributed by atoms with E-state index in [1.54, 1.807) is 30.3 Å². The summed E-state index contributed by atoms with van der Waals surface area (Å²) in [6.45, 7) is 0. The molecule has 2 N–H and O–H groups in total. The molecule has 0 bridgehead atoms. The van der Waals surface area contributed by atoms with Gasteiger partial charge in [0, 0.05) is 33.9 Å². The van der Waals surface area contributed by atoms with Crippen LogP contribution in [0.2, 0.25) is 5.02 Å². The number of nitrogens with zero attached hydrogens (tertiary/aromatic N) is 2. The normalized spacial score (nSPS) is 10.5. The van der Waals surface area contributed by atoms with Crippen molar-refractivity contribution in [1.29, 1.82) is 0 Å². The van der Waals surface area contributed by atoms with E-state index in [0.717, 1.165) is 5.56 Å². The van der Waals surface area contributed by atoms with E-state index < -0.39 is 11.8 Å². The molecular formula is C22H15ClN4O2. The lowest BCUT2D eigenvalue weighted by Crippen LogP contribution is -2.41. The summed E-state index contributed by atoms with van der Waals surface area (Å²) >= 11 is 5.97. The Kier molecular flexibility index (Phi) is 5.18. The van der Waals surface area contributed by atoms with Crippen molar-refractivity contribution in [2.75, 3.05) is 0 Å². The first kappa shape index (κ1) is 18.6. The molecule has 4 aromatic rings. The van der Waals surface area contributed by atoms with Gasteiger partial charge in [0.2, 0.25) is 0 Å². The summed E-state index contributed by atoms with van der Waals surface area (Å²) in [5.74, 6) is -0.877. The van der Waals surface area contributed by atoms with Crippen LogP contribution in [0.1, 0.15) is 20.7 Å². The van der Waals surface area contributed by atoms with E-state index in [1.165, 1.54) is 12.4 Å². The number of carbonyl (C=O) groups is 2. The number of nitrogens with one attached hydrogen (secondary N) is 2. The highest BCUT2D eigenvalue weighted by Gasteiger charge is 2.15. The first-order chi connectivity index (χ1) is 14.1. The number of amides is 2. The van der Waals surface area contributed by atoms with Crippen LogP contribution in [0.5, 0.6) is 0 Å². The third kappa shape index (κ3) is 4.07. The molecule has 142 valence electrons. The summed E-state index contributed by atoms with van der Waals surface area (Å²) in [6.07, 6.45) is 3.01. The van der Waals surface area contributed by atoms with Crippen LogP contribution in [0.15, 0.2) is 79.1 Å². The Labute approximate surface area is 171 Å². The number of para-hydroxylation sites is 1. The molecule has 0 radical (unpaired) electrons. The van der Waals surface area contributed by atoms with Gasteiger partial charge in [0.1, 0.15) is 0 Å². The zero-order valence-corrected chi connectivity index (χ0v) is 15.9. The molecule has 0 aliphatic heterocycles. The quantitative estimate of drug-likeness (QED) is 0.507. The number of rotatable bonds is 3. The maximum absolute atomic E-state index is 12.8. The van der Waals surface area contributed by atoms with Gasteiger partial charge in [-0.25, -0.2) is 4.98 Å². The van der Waals surface area contributed by atoms with Crippen LogP contribution in [-0.2, 0) is 0 Å². The molecule has 29 heavy (non-hydrogen) atoms. The Morgan fingerprint density at radius 3 is 2.28 bits per heavy atom. The summed E-state index contributed by atoms with van der Waals surface area (Å²) in [5, 5.41) is 1.30. The molecule has 7 heteroatoms.